The summed E-state index contributed by atoms with van der Waals surface area (Å²) in [6.07, 6.45) is 0.732. The molecule has 88 valence electrons. The summed E-state index contributed by atoms with van der Waals surface area (Å²) in [4.78, 5) is 10.7. The largest absolute Gasteiger partial charge is 0.480 e. The summed E-state index contributed by atoms with van der Waals surface area (Å²) in [5.41, 5.74) is -0.534. The van der Waals surface area contributed by atoms with Gasteiger partial charge in [-0.15, -0.1) is 0 Å². The monoisotopic (exact) mass is 232 g/mol. The Morgan fingerprint density at radius 3 is 2.88 bits per heavy atom. The molecule has 17 heavy (non-hydrogen) atoms. The summed E-state index contributed by atoms with van der Waals surface area (Å²) in [7, 11) is 0. The number of benzene rings is 1. The lowest BCUT2D eigenvalue weighted by molar-refractivity contribution is -0.141. The predicted molar refractivity (Wildman–Crippen MR) is 60.9 cm³/mol. The molecule has 0 amide bonds. The summed E-state index contributed by atoms with van der Waals surface area (Å²) in [6.45, 7) is 0.614. The number of hydrogen-bond acceptors (Lipinski definition) is 4. The van der Waals surface area contributed by atoms with Crippen LogP contribution in [0.2, 0.25) is 0 Å². The minimum atomic E-state index is -1.02. The van der Waals surface area contributed by atoms with E-state index in [1.54, 1.807) is 24.3 Å². The lowest BCUT2D eigenvalue weighted by Crippen LogP contribution is -2.48. The Kier molecular flexibility index (Phi) is 3.43. The van der Waals surface area contributed by atoms with E-state index in [1.807, 2.05) is 0 Å². The maximum atomic E-state index is 10.7. The number of para-hydroxylation sites is 1. The molecule has 0 aromatic heterocycles. The van der Waals surface area contributed by atoms with E-state index in [9.17, 15) is 9.90 Å². The van der Waals surface area contributed by atoms with Crippen molar-refractivity contribution < 1.29 is 19.4 Å². The van der Waals surface area contributed by atoms with Gasteiger partial charge in [0, 0.05) is 0 Å². The van der Waals surface area contributed by atoms with Crippen LogP contribution in [0.1, 0.15) is 10.4 Å². The second kappa shape index (κ2) is 5.00. The van der Waals surface area contributed by atoms with Crippen LogP contribution in [0.3, 0.4) is 0 Å². The van der Waals surface area contributed by atoms with Gasteiger partial charge in [-0.3, -0.25) is 4.79 Å². The highest BCUT2D eigenvalue weighted by atomic mass is 16.5. The Hall–Kier alpha value is -1.83. The number of hydrogen-bond donors (Lipinski definition) is 1. The van der Waals surface area contributed by atoms with Crippen LogP contribution in [0.25, 0.3) is 0 Å². The molecule has 4 nitrogen and oxygen atoms in total. The third-order valence-electron chi connectivity index (χ3n) is 2.35. The van der Waals surface area contributed by atoms with Crippen LogP contribution in [0.15, 0.2) is 24.3 Å². The maximum absolute atomic E-state index is 10.7. The maximum Gasteiger partial charge on any atom is 0.172 e. The average Bonchev–Trinajstić information content (AvgIpc) is 2.33. The van der Waals surface area contributed by atoms with Crippen molar-refractivity contribution in [3.05, 3.63) is 29.8 Å². The van der Waals surface area contributed by atoms with Gasteiger partial charge in [-0.25, -0.2) is 0 Å². The molecule has 0 aliphatic carbocycles. The first-order chi connectivity index (χ1) is 8.23. The summed E-state index contributed by atoms with van der Waals surface area (Å²) in [6, 6.07) is 6.91. The van der Waals surface area contributed by atoms with Crippen molar-refractivity contribution in [2.24, 2.45) is 0 Å². The van der Waals surface area contributed by atoms with E-state index in [0.29, 0.717) is 11.3 Å². The van der Waals surface area contributed by atoms with Crippen molar-refractivity contribution in [1.29, 1.82) is 0 Å². The zero-order valence-electron chi connectivity index (χ0n) is 9.18. The SMILES string of the molecule is O=Cc1ccccc1OCC#CC1(O)COC1. The number of carbonyl (C=O) groups is 1. The lowest BCUT2D eigenvalue weighted by Gasteiger charge is -2.30. The minimum absolute atomic E-state index is 0.132. The molecule has 1 N–H and O–H groups in total. The quantitative estimate of drug-likeness (QED) is 0.614. The van der Waals surface area contributed by atoms with E-state index < -0.39 is 5.60 Å². The number of ether oxygens (including phenoxy) is 2. The molecule has 1 aliphatic rings. The van der Waals surface area contributed by atoms with Crippen molar-refractivity contribution in [2.75, 3.05) is 19.8 Å². The van der Waals surface area contributed by atoms with Crippen LogP contribution in [-0.2, 0) is 4.74 Å². The highest BCUT2D eigenvalue weighted by molar-refractivity contribution is 5.79. The molecule has 1 aliphatic heterocycles. The predicted octanol–water partition coefficient (Wildman–Crippen LogP) is 0.643. The molecule has 0 saturated carbocycles. The number of rotatable bonds is 3. The standard InChI is InChI=1S/C13H12O4/c14-8-11-4-1-2-5-12(11)17-7-3-6-13(15)9-16-10-13/h1-2,4-5,8,15H,7,9-10H2. The molecule has 0 spiro atoms. The first-order valence-electron chi connectivity index (χ1n) is 5.21. The Morgan fingerprint density at radius 1 is 1.47 bits per heavy atom. The van der Waals surface area contributed by atoms with Gasteiger partial charge in [0.1, 0.15) is 12.4 Å². The van der Waals surface area contributed by atoms with Gasteiger partial charge in [-0.2, -0.15) is 0 Å². The molecular formula is C13H12O4. The fraction of sp³-hybridized carbons (Fsp3) is 0.308. The highest BCUT2D eigenvalue weighted by Crippen LogP contribution is 2.16. The van der Waals surface area contributed by atoms with Crippen LogP contribution in [0, 0.1) is 11.8 Å². The minimum Gasteiger partial charge on any atom is -0.480 e. The van der Waals surface area contributed by atoms with Crippen LogP contribution in [0.4, 0.5) is 0 Å². The van der Waals surface area contributed by atoms with Crippen molar-refractivity contribution in [2.45, 2.75) is 5.60 Å². The van der Waals surface area contributed by atoms with Gasteiger partial charge in [-0.1, -0.05) is 24.0 Å². The normalized spacial score (nSPS) is 16.3. The van der Waals surface area contributed by atoms with E-state index in [1.165, 1.54) is 0 Å². The Balaban J connectivity index is 1.91. The van der Waals surface area contributed by atoms with Gasteiger partial charge in [0.25, 0.3) is 0 Å². The van der Waals surface area contributed by atoms with E-state index in [4.69, 9.17) is 9.47 Å². The molecule has 0 unspecified atom stereocenters. The van der Waals surface area contributed by atoms with Gasteiger partial charge in [0.15, 0.2) is 11.9 Å². The Bertz CT molecular complexity index is 466. The topological polar surface area (TPSA) is 55.8 Å². The third kappa shape index (κ3) is 2.84. The lowest BCUT2D eigenvalue weighted by atomic mass is 10.0. The van der Waals surface area contributed by atoms with Gasteiger partial charge in [0.05, 0.1) is 18.8 Å². The van der Waals surface area contributed by atoms with Crippen LogP contribution < -0.4 is 4.74 Å². The number of aldehydes is 1. The molecule has 1 heterocycles. The molecule has 2 rings (SSSR count). The smallest absolute Gasteiger partial charge is 0.172 e. The first-order valence-corrected chi connectivity index (χ1v) is 5.21. The zero-order chi connectivity index (χ0) is 12.1. The van der Waals surface area contributed by atoms with Crippen molar-refractivity contribution >= 4 is 6.29 Å². The summed E-state index contributed by atoms with van der Waals surface area (Å²) in [5.74, 6) is 5.87. The van der Waals surface area contributed by atoms with Crippen molar-refractivity contribution in [1.82, 2.24) is 0 Å². The van der Waals surface area contributed by atoms with E-state index in [-0.39, 0.29) is 19.8 Å². The number of carbonyl (C=O) groups excluding carboxylic acids is 1. The van der Waals surface area contributed by atoms with Gasteiger partial charge in [0.2, 0.25) is 0 Å². The second-order valence-corrected chi connectivity index (χ2v) is 3.77. The van der Waals surface area contributed by atoms with Crippen molar-refractivity contribution in [3.63, 3.8) is 0 Å². The molecule has 1 fully saturated rings. The fourth-order valence-electron chi connectivity index (χ4n) is 1.39. The first kappa shape index (κ1) is 11.6. The number of aliphatic hydroxyl groups is 1. The summed E-state index contributed by atoms with van der Waals surface area (Å²) >= 11 is 0. The average molecular weight is 232 g/mol. The molecule has 1 aromatic rings. The summed E-state index contributed by atoms with van der Waals surface area (Å²) < 4.78 is 10.2. The van der Waals surface area contributed by atoms with Crippen LogP contribution in [-0.4, -0.2) is 36.8 Å². The highest BCUT2D eigenvalue weighted by Gasteiger charge is 2.33. The molecule has 1 aromatic carbocycles. The van der Waals surface area contributed by atoms with Gasteiger partial charge >= 0.3 is 0 Å². The van der Waals surface area contributed by atoms with Crippen LogP contribution in [0.5, 0.6) is 5.75 Å². The Labute approximate surface area is 99.2 Å². The fourth-order valence-corrected chi connectivity index (χ4v) is 1.39. The molecule has 1 saturated heterocycles. The molecule has 4 heteroatoms. The zero-order valence-corrected chi connectivity index (χ0v) is 9.18. The van der Waals surface area contributed by atoms with E-state index >= 15 is 0 Å². The second-order valence-electron chi connectivity index (χ2n) is 3.77. The van der Waals surface area contributed by atoms with E-state index in [0.717, 1.165) is 6.29 Å². The van der Waals surface area contributed by atoms with Gasteiger partial charge in [-0.05, 0) is 12.1 Å². The summed E-state index contributed by atoms with van der Waals surface area (Å²) in [5, 5.41) is 9.60. The van der Waals surface area contributed by atoms with Gasteiger partial charge < -0.3 is 14.6 Å². The van der Waals surface area contributed by atoms with Crippen molar-refractivity contribution in [3.8, 4) is 17.6 Å². The Morgan fingerprint density at radius 2 is 2.24 bits per heavy atom. The third-order valence-corrected chi connectivity index (χ3v) is 2.35. The molecule has 0 bridgehead atoms. The van der Waals surface area contributed by atoms with E-state index in [2.05, 4.69) is 11.8 Å². The molecule has 0 atom stereocenters. The molecular weight excluding hydrogens is 220 g/mol. The van der Waals surface area contributed by atoms with Crippen LogP contribution >= 0.6 is 0 Å². The molecule has 0 radical (unpaired) electrons.